The Bertz CT molecular complexity index is 1040. The standard InChI is InChI=1S/C20H18ClN3O3/c1-24-19-14-10-17(27-3)16(26-2)9-11(14)8-15(19)18(23-24)20(25)22-13-6-4-12(21)5-7-13/h4-7,9-10H,8H2,1-3H3,(H,22,25). The predicted molar refractivity (Wildman–Crippen MR) is 104 cm³/mol. The van der Waals surface area contributed by atoms with E-state index in [0.717, 1.165) is 22.4 Å². The van der Waals surface area contributed by atoms with E-state index < -0.39 is 0 Å². The van der Waals surface area contributed by atoms with Crippen LogP contribution in [0.1, 0.15) is 21.6 Å². The van der Waals surface area contributed by atoms with Gasteiger partial charge in [0.2, 0.25) is 0 Å². The van der Waals surface area contributed by atoms with E-state index >= 15 is 0 Å². The number of aryl methyl sites for hydroxylation is 1. The molecule has 1 aliphatic carbocycles. The van der Waals surface area contributed by atoms with Crippen LogP contribution in [0.2, 0.25) is 5.02 Å². The fraction of sp³-hybridized carbons (Fsp3) is 0.200. The van der Waals surface area contributed by atoms with Gasteiger partial charge in [0.1, 0.15) is 0 Å². The van der Waals surface area contributed by atoms with Crippen molar-refractivity contribution >= 4 is 23.2 Å². The fourth-order valence-corrected chi connectivity index (χ4v) is 3.58. The molecule has 0 aliphatic heterocycles. The van der Waals surface area contributed by atoms with E-state index in [1.807, 2.05) is 19.2 Å². The maximum absolute atomic E-state index is 12.8. The molecule has 0 radical (unpaired) electrons. The van der Waals surface area contributed by atoms with Crippen molar-refractivity contribution in [3.05, 3.63) is 58.2 Å². The summed E-state index contributed by atoms with van der Waals surface area (Å²) in [7, 11) is 5.05. The van der Waals surface area contributed by atoms with Crippen molar-refractivity contribution < 1.29 is 14.3 Å². The molecule has 1 aliphatic rings. The number of hydrogen-bond acceptors (Lipinski definition) is 4. The Morgan fingerprint density at radius 1 is 1.15 bits per heavy atom. The van der Waals surface area contributed by atoms with Gasteiger partial charge in [0.15, 0.2) is 17.2 Å². The van der Waals surface area contributed by atoms with Crippen molar-refractivity contribution in [2.24, 2.45) is 7.05 Å². The van der Waals surface area contributed by atoms with Crippen molar-refractivity contribution in [2.75, 3.05) is 19.5 Å². The number of carbonyl (C=O) groups excluding carboxylic acids is 1. The summed E-state index contributed by atoms with van der Waals surface area (Å²) in [5.74, 6) is 1.07. The Kier molecular flexibility index (Phi) is 4.28. The zero-order chi connectivity index (χ0) is 19.1. The van der Waals surface area contributed by atoms with Crippen LogP contribution >= 0.6 is 11.6 Å². The van der Waals surface area contributed by atoms with Crippen LogP contribution < -0.4 is 14.8 Å². The lowest BCUT2D eigenvalue weighted by Gasteiger charge is -2.11. The molecule has 0 fully saturated rings. The third-order valence-electron chi connectivity index (χ3n) is 4.69. The molecule has 0 unspecified atom stereocenters. The van der Waals surface area contributed by atoms with Crippen LogP contribution in [0.4, 0.5) is 5.69 Å². The zero-order valence-corrected chi connectivity index (χ0v) is 15.9. The first-order valence-electron chi connectivity index (χ1n) is 8.40. The van der Waals surface area contributed by atoms with Gasteiger partial charge in [0, 0.05) is 35.3 Å². The first-order chi connectivity index (χ1) is 13.0. The Morgan fingerprint density at radius 3 is 2.48 bits per heavy atom. The summed E-state index contributed by atoms with van der Waals surface area (Å²) in [6.07, 6.45) is 0.613. The van der Waals surface area contributed by atoms with Crippen LogP contribution in [-0.4, -0.2) is 29.9 Å². The highest BCUT2D eigenvalue weighted by Gasteiger charge is 2.31. The molecule has 2 aromatic carbocycles. The third kappa shape index (κ3) is 2.92. The Balaban J connectivity index is 1.71. The van der Waals surface area contributed by atoms with Crippen molar-refractivity contribution in [3.8, 4) is 22.8 Å². The number of carbonyl (C=O) groups is 1. The summed E-state index contributed by atoms with van der Waals surface area (Å²) in [5.41, 5.74) is 4.99. The molecule has 4 rings (SSSR count). The van der Waals surface area contributed by atoms with Crippen molar-refractivity contribution in [3.63, 3.8) is 0 Å². The predicted octanol–water partition coefficient (Wildman–Crippen LogP) is 3.91. The van der Waals surface area contributed by atoms with Gasteiger partial charge in [0.25, 0.3) is 5.91 Å². The molecule has 138 valence electrons. The number of methoxy groups -OCH3 is 2. The van der Waals surface area contributed by atoms with Crippen LogP contribution in [0.5, 0.6) is 11.5 Å². The van der Waals surface area contributed by atoms with Crippen LogP contribution in [0, 0.1) is 0 Å². The van der Waals surface area contributed by atoms with E-state index in [1.54, 1.807) is 43.2 Å². The molecule has 27 heavy (non-hydrogen) atoms. The number of aromatic nitrogens is 2. The minimum atomic E-state index is -0.249. The topological polar surface area (TPSA) is 65.4 Å². The molecular weight excluding hydrogens is 366 g/mol. The van der Waals surface area contributed by atoms with Gasteiger partial charge in [-0.1, -0.05) is 11.6 Å². The molecule has 0 saturated carbocycles. The molecule has 3 aromatic rings. The summed E-state index contributed by atoms with van der Waals surface area (Å²) in [5, 5.41) is 7.94. The number of benzene rings is 2. The first kappa shape index (κ1) is 17.4. The van der Waals surface area contributed by atoms with E-state index in [-0.39, 0.29) is 5.91 Å². The maximum atomic E-state index is 12.8. The van der Waals surface area contributed by atoms with Crippen molar-refractivity contribution in [1.82, 2.24) is 9.78 Å². The summed E-state index contributed by atoms with van der Waals surface area (Å²) < 4.78 is 12.6. The smallest absolute Gasteiger partial charge is 0.276 e. The number of halogens is 1. The summed E-state index contributed by atoms with van der Waals surface area (Å²) in [4.78, 5) is 12.8. The molecule has 0 bridgehead atoms. The number of fused-ring (bicyclic) bond motifs is 3. The van der Waals surface area contributed by atoms with Gasteiger partial charge in [-0.05, 0) is 42.0 Å². The van der Waals surface area contributed by atoms with Crippen molar-refractivity contribution in [1.29, 1.82) is 0 Å². The minimum Gasteiger partial charge on any atom is -0.493 e. The highest BCUT2D eigenvalue weighted by atomic mass is 35.5. The molecule has 1 N–H and O–H groups in total. The lowest BCUT2D eigenvalue weighted by molar-refractivity contribution is 0.102. The largest absolute Gasteiger partial charge is 0.493 e. The number of amides is 1. The number of ether oxygens (including phenoxy) is 2. The van der Waals surface area contributed by atoms with Crippen molar-refractivity contribution in [2.45, 2.75) is 6.42 Å². The van der Waals surface area contributed by atoms with E-state index in [0.29, 0.717) is 34.3 Å². The number of rotatable bonds is 4. The van der Waals surface area contributed by atoms with E-state index in [2.05, 4.69) is 10.4 Å². The first-order valence-corrected chi connectivity index (χ1v) is 8.77. The van der Waals surface area contributed by atoms with E-state index in [4.69, 9.17) is 21.1 Å². The van der Waals surface area contributed by atoms with E-state index in [9.17, 15) is 4.79 Å². The normalized spacial score (nSPS) is 11.7. The van der Waals surface area contributed by atoms with Crippen LogP contribution in [0.25, 0.3) is 11.3 Å². The summed E-state index contributed by atoms with van der Waals surface area (Å²) >= 11 is 5.90. The highest BCUT2D eigenvalue weighted by molar-refractivity contribution is 6.30. The SMILES string of the molecule is COc1cc2c(cc1OC)-c1c(c(C(=O)Nc3ccc(Cl)cc3)nn1C)C2. The number of nitrogens with one attached hydrogen (secondary N) is 1. The second-order valence-electron chi connectivity index (χ2n) is 6.30. The summed E-state index contributed by atoms with van der Waals surface area (Å²) in [6.45, 7) is 0. The molecule has 1 amide bonds. The number of anilines is 1. The Hall–Kier alpha value is -2.99. The fourth-order valence-electron chi connectivity index (χ4n) is 3.46. The lowest BCUT2D eigenvalue weighted by atomic mass is 10.1. The third-order valence-corrected chi connectivity index (χ3v) is 4.95. The number of nitrogens with zero attached hydrogens (tertiary/aromatic N) is 2. The monoisotopic (exact) mass is 383 g/mol. The second-order valence-corrected chi connectivity index (χ2v) is 6.74. The maximum Gasteiger partial charge on any atom is 0.276 e. The molecular formula is C20H18ClN3O3. The molecule has 6 nitrogen and oxygen atoms in total. The molecule has 0 atom stereocenters. The highest BCUT2D eigenvalue weighted by Crippen LogP contribution is 2.43. The second kappa shape index (κ2) is 6.63. The molecule has 7 heteroatoms. The van der Waals surface area contributed by atoms with Crippen LogP contribution in [0.3, 0.4) is 0 Å². The quantitative estimate of drug-likeness (QED) is 0.580. The summed E-state index contributed by atoms with van der Waals surface area (Å²) in [6, 6.07) is 10.9. The number of hydrogen-bond donors (Lipinski definition) is 1. The van der Waals surface area contributed by atoms with Gasteiger partial charge >= 0.3 is 0 Å². The minimum absolute atomic E-state index is 0.249. The zero-order valence-electron chi connectivity index (χ0n) is 15.2. The van der Waals surface area contributed by atoms with Gasteiger partial charge in [-0.25, -0.2) is 0 Å². The average Bonchev–Trinajstić information content (AvgIpc) is 3.19. The Labute approximate surface area is 161 Å². The van der Waals surface area contributed by atoms with Gasteiger partial charge in [-0.3, -0.25) is 9.48 Å². The van der Waals surface area contributed by atoms with Gasteiger partial charge in [-0.2, -0.15) is 5.10 Å². The van der Waals surface area contributed by atoms with Crippen LogP contribution in [-0.2, 0) is 13.5 Å². The van der Waals surface area contributed by atoms with Gasteiger partial charge < -0.3 is 14.8 Å². The molecule has 0 saturated heterocycles. The average molecular weight is 384 g/mol. The Morgan fingerprint density at radius 2 is 1.81 bits per heavy atom. The molecule has 0 spiro atoms. The lowest BCUT2D eigenvalue weighted by Crippen LogP contribution is -2.14. The van der Waals surface area contributed by atoms with Crippen LogP contribution in [0.15, 0.2) is 36.4 Å². The molecule has 1 heterocycles. The molecule has 1 aromatic heterocycles. The van der Waals surface area contributed by atoms with E-state index in [1.165, 1.54) is 0 Å². The van der Waals surface area contributed by atoms with Gasteiger partial charge in [0.05, 0.1) is 19.9 Å². The van der Waals surface area contributed by atoms with Gasteiger partial charge in [-0.15, -0.1) is 0 Å².